The molecule has 2 saturated heterocycles. The van der Waals surface area contributed by atoms with E-state index in [1.54, 1.807) is 29.8 Å². The summed E-state index contributed by atoms with van der Waals surface area (Å²) in [5.74, 6) is 0.511. The second-order valence-electron chi connectivity index (χ2n) is 9.01. The smallest absolute Gasteiger partial charge is 0.246 e. The van der Waals surface area contributed by atoms with Crippen LogP contribution in [0.1, 0.15) is 24.8 Å². The largest absolute Gasteiger partial charge is 0.341 e. The molecule has 0 radical (unpaired) electrons. The van der Waals surface area contributed by atoms with Gasteiger partial charge < -0.3 is 9.80 Å². The van der Waals surface area contributed by atoms with Crippen LogP contribution in [0.5, 0.6) is 0 Å². The number of carbonyl (C=O) groups is 2. The van der Waals surface area contributed by atoms with Crippen LogP contribution in [0.4, 0.5) is 0 Å². The Kier molecular flexibility index (Phi) is 7.24. The number of amides is 2. The average Bonchev–Trinajstić information content (AvgIpc) is 3.58. The molecule has 7 nitrogen and oxygen atoms in total. The molecule has 2 fully saturated rings. The number of thiophene rings is 1. The molecule has 180 valence electrons. The maximum Gasteiger partial charge on any atom is 0.246 e. The van der Waals surface area contributed by atoms with E-state index in [4.69, 9.17) is 0 Å². The van der Waals surface area contributed by atoms with Crippen LogP contribution < -0.4 is 0 Å². The van der Waals surface area contributed by atoms with E-state index in [-0.39, 0.29) is 17.2 Å². The predicted octanol–water partition coefficient (Wildman–Crippen LogP) is 4.25. The maximum absolute atomic E-state index is 12.9. The maximum atomic E-state index is 12.9. The number of piperidine rings is 1. The highest BCUT2D eigenvalue weighted by molar-refractivity contribution is 7.99. The highest BCUT2D eigenvalue weighted by Gasteiger charge is 2.42. The first-order chi connectivity index (χ1) is 17.1. The topological polar surface area (TPSA) is 79.3 Å². The van der Waals surface area contributed by atoms with Gasteiger partial charge in [0.15, 0.2) is 5.16 Å². The van der Waals surface area contributed by atoms with E-state index in [2.05, 4.69) is 15.0 Å². The van der Waals surface area contributed by atoms with E-state index < -0.39 is 0 Å². The summed E-state index contributed by atoms with van der Waals surface area (Å²) < 4.78 is 0. The number of thioether (sulfide) groups is 1. The molecule has 0 aliphatic carbocycles. The minimum atomic E-state index is 0.0707. The zero-order valence-electron chi connectivity index (χ0n) is 19.4. The van der Waals surface area contributed by atoms with Crippen molar-refractivity contribution in [3.63, 3.8) is 0 Å². The molecule has 3 aromatic rings. The van der Waals surface area contributed by atoms with Crippen LogP contribution in [0.2, 0.25) is 0 Å². The van der Waals surface area contributed by atoms with Crippen LogP contribution in [-0.4, -0.2) is 68.5 Å². The quantitative estimate of drug-likeness (QED) is 0.283. The average molecular weight is 506 g/mol. The van der Waals surface area contributed by atoms with Crippen LogP contribution in [0.3, 0.4) is 0 Å². The number of pyridine rings is 1. The normalized spacial score (nSPS) is 17.4. The van der Waals surface area contributed by atoms with Gasteiger partial charge in [0.1, 0.15) is 0 Å². The standard InChI is InChI=1S/C26H27N5O2S2/c32-23(5-4-20-7-16-34-17-20)30-13-8-26(9-14-30)10-15-31(19-26)24(33)18-35-25-28-12-6-22(29-25)21-3-1-2-11-27-21/h1-7,11-12,16-17H,8-10,13-15,18-19H2. The Balaban J connectivity index is 1.11. The first kappa shape index (κ1) is 23.7. The van der Waals surface area contributed by atoms with Gasteiger partial charge in [0, 0.05) is 44.6 Å². The number of aromatic nitrogens is 3. The lowest BCUT2D eigenvalue weighted by atomic mass is 9.78. The van der Waals surface area contributed by atoms with Crippen molar-refractivity contribution < 1.29 is 9.59 Å². The van der Waals surface area contributed by atoms with Crippen LogP contribution in [-0.2, 0) is 9.59 Å². The van der Waals surface area contributed by atoms with Crippen molar-refractivity contribution in [3.8, 4) is 11.4 Å². The lowest BCUT2D eigenvalue weighted by molar-refractivity contribution is -0.130. The van der Waals surface area contributed by atoms with Crippen molar-refractivity contribution >= 4 is 41.0 Å². The summed E-state index contributed by atoms with van der Waals surface area (Å²) in [5.41, 5.74) is 2.73. The lowest BCUT2D eigenvalue weighted by Crippen LogP contribution is -2.44. The summed E-state index contributed by atoms with van der Waals surface area (Å²) in [6, 6.07) is 9.53. The summed E-state index contributed by atoms with van der Waals surface area (Å²) in [7, 11) is 0. The van der Waals surface area contributed by atoms with Crippen molar-refractivity contribution in [3.05, 3.63) is 65.1 Å². The molecule has 0 bridgehead atoms. The van der Waals surface area contributed by atoms with Gasteiger partial charge in [-0.15, -0.1) is 0 Å². The molecule has 0 N–H and O–H groups in total. The zero-order chi connectivity index (χ0) is 24.1. The Morgan fingerprint density at radius 2 is 1.83 bits per heavy atom. The first-order valence-corrected chi connectivity index (χ1v) is 13.7. The minimum absolute atomic E-state index is 0.0707. The third-order valence-corrected chi connectivity index (χ3v) is 8.32. The van der Waals surface area contributed by atoms with Gasteiger partial charge >= 0.3 is 0 Å². The zero-order valence-corrected chi connectivity index (χ0v) is 21.0. The SMILES string of the molecule is O=C(C=Cc1ccsc1)N1CCC2(CC1)CCN(C(=O)CSc1nccc(-c3ccccn3)n1)C2. The summed E-state index contributed by atoms with van der Waals surface area (Å²) in [6.45, 7) is 3.05. The fourth-order valence-electron chi connectivity index (χ4n) is 4.69. The lowest BCUT2D eigenvalue weighted by Gasteiger charge is -2.38. The summed E-state index contributed by atoms with van der Waals surface area (Å²) in [4.78, 5) is 42.6. The molecule has 3 aromatic heterocycles. The molecule has 5 heterocycles. The van der Waals surface area contributed by atoms with Gasteiger partial charge in [-0.25, -0.2) is 9.97 Å². The van der Waals surface area contributed by atoms with E-state index in [1.165, 1.54) is 11.8 Å². The Bertz CT molecular complexity index is 1190. The second kappa shape index (κ2) is 10.7. The molecule has 0 atom stereocenters. The first-order valence-electron chi connectivity index (χ1n) is 11.7. The molecule has 5 rings (SSSR count). The van der Waals surface area contributed by atoms with E-state index in [9.17, 15) is 9.59 Å². The fourth-order valence-corrected chi connectivity index (χ4v) is 6.05. The number of carbonyl (C=O) groups excluding carboxylic acids is 2. The molecule has 0 aromatic carbocycles. The van der Waals surface area contributed by atoms with Gasteiger partial charge in [0.2, 0.25) is 11.8 Å². The van der Waals surface area contributed by atoms with Crippen molar-refractivity contribution in [1.29, 1.82) is 0 Å². The number of hydrogen-bond donors (Lipinski definition) is 0. The van der Waals surface area contributed by atoms with Gasteiger partial charge in [-0.3, -0.25) is 14.6 Å². The van der Waals surface area contributed by atoms with Gasteiger partial charge in [0.25, 0.3) is 0 Å². The molecule has 2 aliphatic heterocycles. The Labute approximate surface area is 213 Å². The molecule has 0 saturated carbocycles. The van der Waals surface area contributed by atoms with E-state index in [0.717, 1.165) is 62.4 Å². The van der Waals surface area contributed by atoms with E-state index >= 15 is 0 Å². The molecule has 35 heavy (non-hydrogen) atoms. The molecule has 9 heteroatoms. The van der Waals surface area contributed by atoms with Crippen LogP contribution >= 0.6 is 23.1 Å². The number of nitrogens with zero attached hydrogens (tertiary/aromatic N) is 5. The Hall–Kier alpha value is -3.04. The fraction of sp³-hybridized carbons (Fsp3) is 0.346. The predicted molar refractivity (Wildman–Crippen MR) is 139 cm³/mol. The molecule has 0 unspecified atom stereocenters. The van der Waals surface area contributed by atoms with Crippen LogP contribution in [0.15, 0.2) is 64.7 Å². The number of rotatable bonds is 6. The van der Waals surface area contributed by atoms with Crippen molar-refractivity contribution in [2.24, 2.45) is 5.41 Å². The van der Waals surface area contributed by atoms with Crippen molar-refractivity contribution in [2.75, 3.05) is 31.9 Å². The van der Waals surface area contributed by atoms with Crippen LogP contribution in [0.25, 0.3) is 17.5 Å². The third kappa shape index (κ3) is 5.79. The summed E-state index contributed by atoms with van der Waals surface area (Å²) in [6.07, 6.45) is 9.88. The molecular weight excluding hydrogens is 478 g/mol. The van der Waals surface area contributed by atoms with Gasteiger partial charge in [-0.1, -0.05) is 17.8 Å². The van der Waals surface area contributed by atoms with E-state index in [1.807, 2.05) is 57.0 Å². The number of hydrogen-bond acceptors (Lipinski definition) is 7. The van der Waals surface area contributed by atoms with Gasteiger partial charge in [0.05, 0.1) is 17.1 Å². The second-order valence-corrected chi connectivity index (χ2v) is 10.7. The summed E-state index contributed by atoms with van der Waals surface area (Å²) in [5, 5.41) is 4.62. The molecule has 2 amide bonds. The van der Waals surface area contributed by atoms with E-state index in [0.29, 0.717) is 10.9 Å². The number of likely N-dealkylation sites (tertiary alicyclic amines) is 2. The molecule has 1 spiro atoms. The minimum Gasteiger partial charge on any atom is -0.341 e. The summed E-state index contributed by atoms with van der Waals surface area (Å²) >= 11 is 2.99. The molecule has 2 aliphatic rings. The highest BCUT2D eigenvalue weighted by Crippen LogP contribution is 2.40. The van der Waals surface area contributed by atoms with Gasteiger partial charge in [-0.2, -0.15) is 11.3 Å². The van der Waals surface area contributed by atoms with Crippen molar-refractivity contribution in [2.45, 2.75) is 24.4 Å². The van der Waals surface area contributed by atoms with Crippen LogP contribution in [0, 0.1) is 5.41 Å². The van der Waals surface area contributed by atoms with Gasteiger partial charge in [-0.05, 0) is 71.3 Å². The molecular formula is C26H27N5O2S2. The van der Waals surface area contributed by atoms with Crippen molar-refractivity contribution in [1.82, 2.24) is 24.8 Å². The Morgan fingerprint density at radius 1 is 1.00 bits per heavy atom. The highest BCUT2D eigenvalue weighted by atomic mass is 32.2. The third-order valence-electron chi connectivity index (χ3n) is 6.77. The monoisotopic (exact) mass is 505 g/mol. The Morgan fingerprint density at radius 3 is 2.57 bits per heavy atom.